The number of benzene rings is 1. The molecule has 1 N–H and O–H groups in total. The normalized spacial score (nSPS) is 11.3. The average molecular weight is 262 g/mol. The molecule has 102 valence electrons. The molecule has 0 aliphatic carbocycles. The van der Waals surface area contributed by atoms with Crippen molar-refractivity contribution in [3.05, 3.63) is 35.9 Å². The van der Waals surface area contributed by atoms with Gasteiger partial charge in [-0.2, -0.15) is 4.99 Å². The fourth-order valence-electron chi connectivity index (χ4n) is 1.31. The SMILES string of the molecule is CC(=NC(=O)OCc1ccccc1)C(=O)NC(C)C. The van der Waals surface area contributed by atoms with Gasteiger partial charge in [0.25, 0.3) is 5.91 Å². The van der Waals surface area contributed by atoms with Gasteiger partial charge in [-0.1, -0.05) is 30.3 Å². The van der Waals surface area contributed by atoms with Crippen molar-refractivity contribution in [3.8, 4) is 0 Å². The van der Waals surface area contributed by atoms with Gasteiger partial charge in [-0.15, -0.1) is 0 Å². The lowest BCUT2D eigenvalue weighted by atomic mass is 10.2. The van der Waals surface area contributed by atoms with Gasteiger partial charge in [-0.05, 0) is 26.3 Å². The van der Waals surface area contributed by atoms with E-state index in [2.05, 4.69) is 10.3 Å². The van der Waals surface area contributed by atoms with E-state index in [1.54, 1.807) is 0 Å². The Morgan fingerprint density at radius 1 is 1.26 bits per heavy atom. The molecule has 0 aromatic heterocycles. The number of nitrogens with zero attached hydrogens (tertiary/aromatic N) is 1. The molecule has 0 atom stereocenters. The molecule has 5 heteroatoms. The number of hydrogen-bond acceptors (Lipinski definition) is 3. The van der Waals surface area contributed by atoms with E-state index in [1.165, 1.54) is 6.92 Å². The lowest BCUT2D eigenvalue weighted by molar-refractivity contribution is -0.115. The topological polar surface area (TPSA) is 67.8 Å². The second-order valence-electron chi connectivity index (χ2n) is 4.37. The monoisotopic (exact) mass is 262 g/mol. The highest BCUT2D eigenvalue weighted by Crippen LogP contribution is 2.01. The number of hydrogen-bond donors (Lipinski definition) is 1. The Kier molecular flexibility index (Phi) is 5.73. The zero-order valence-corrected chi connectivity index (χ0v) is 11.3. The molecule has 2 amide bonds. The molecule has 0 fully saturated rings. The minimum atomic E-state index is -0.764. The molecule has 0 saturated heterocycles. The van der Waals surface area contributed by atoms with Gasteiger partial charge in [0.05, 0.1) is 0 Å². The van der Waals surface area contributed by atoms with Crippen molar-refractivity contribution in [1.29, 1.82) is 0 Å². The standard InChI is InChI=1S/C14H18N2O3/c1-10(2)15-13(17)11(3)16-14(18)19-9-12-7-5-4-6-8-12/h4-8,10H,9H2,1-3H3,(H,15,17). The third kappa shape index (κ3) is 5.81. The zero-order chi connectivity index (χ0) is 14.3. The summed E-state index contributed by atoms with van der Waals surface area (Å²) in [5.41, 5.74) is 0.960. The highest BCUT2D eigenvalue weighted by molar-refractivity contribution is 6.39. The minimum Gasteiger partial charge on any atom is -0.443 e. The molecule has 0 radical (unpaired) electrons. The van der Waals surface area contributed by atoms with Crippen LogP contribution in [0.2, 0.25) is 0 Å². The summed E-state index contributed by atoms with van der Waals surface area (Å²) in [4.78, 5) is 26.5. The molecule has 19 heavy (non-hydrogen) atoms. The number of rotatable bonds is 4. The maximum absolute atomic E-state index is 11.5. The number of amides is 2. The zero-order valence-electron chi connectivity index (χ0n) is 11.3. The third-order valence-electron chi connectivity index (χ3n) is 2.21. The molecule has 0 aliphatic heterocycles. The van der Waals surface area contributed by atoms with Crippen LogP contribution >= 0.6 is 0 Å². The molecule has 1 aromatic rings. The number of ether oxygens (including phenoxy) is 1. The van der Waals surface area contributed by atoms with Crippen LogP contribution < -0.4 is 5.32 Å². The first kappa shape index (κ1) is 14.9. The van der Waals surface area contributed by atoms with Crippen molar-refractivity contribution in [1.82, 2.24) is 5.32 Å². The Labute approximate surface area is 112 Å². The van der Waals surface area contributed by atoms with Crippen LogP contribution in [0.15, 0.2) is 35.3 Å². The van der Waals surface area contributed by atoms with Crippen LogP contribution in [-0.4, -0.2) is 23.8 Å². The van der Waals surface area contributed by atoms with Crippen LogP contribution in [0.5, 0.6) is 0 Å². The molecule has 0 bridgehead atoms. The van der Waals surface area contributed by atoms with Gasteiger partial charge in [-0.25, -0.2) is 4.79 Å². The van der Waals surface area contributed by atoms with Crippen LogP contribution in [0.4, 0.5) is 4.79 Å². The van der Waals surface area contributed by atoms with Crippen LogP contribution in [-0.2, 0) is 16.1 Å². The first-order valence-corrected chi connectivity index (χ1v) is 6.06. The Hall–Kier alpha value is -2.17. The van der Waals surface area contributed by atoms with E-state index in [1.807, 2.05) is 44.2 Å². The number of aliphatic imine (C=N–C) groups is 1. The van der Waals surface area contributed by atoms with Gasteiger partial charge in [0, 0.05) is 6.04 Å². The molecule has 0 saturated carbocycles. The minimum absolute atomic E-state index is 0.00186. The summed E-state index contributed by atoms with van der Waals surface area (Å²) >= 11 is 0. The molecule has 1 rings (SSSR count). The molecular weight excluding hydrogens is 244 g/mol. The Morgan fingerprint density at radius 2 is 1.89 bits per heavy atom. The highest BCUT2D eigenvalue weighted by atomic mass is 16.5. The summed E-state index contributed by atoms with van der Waals surface area (Å²) in [6.45, 7) is 5.28. The molecule has 0 spiro atoms. The van der Waals surface area contributed by atoms with Gasteiger partial charge < -0.3 is 10.1 Å². The van der Waals surface area contributed by atoms with Crippen LogP contribution in [0, 0.1) is 0 Å². The van der Waals surface area contributed by atoms with Crippen molar-refractivity contribution in [2.24, 2.45) is 4.99 Å². The maximum atomic E-state index is 11.5. The molecule has 5 nitrogen and oxygen atoms in total. The van der Waals surface area contributed by atoms with Crippen molar-refractivity contribution >= 4 is 17.7 Å². The fourth-order valence-corrected chi connectivity index (χ4v) is 1.31. The summed E-state index contributed by atoms with van der Waals surface area (Å²) in [5, 5.41) is 2.64. The first-order valence-electron chi connectivity index (χ1n) is 6.06. The lowest BCUT2D eigenvalue weighted by Gasteiger charge is -2.07. The van der Waals surface area contributed by atoms with Crippen molar-refractivity contribution in [2.75, 3.05) is 0 Å². The molecule has 0 unspecified atom stereocenters. The smallest absolute Gasteiger partial charge is 0.434 e. The summed E-state index contributed by atoms with van der Waals surface area (Å²) < 4.78 is 4.95. The third-order valence-corrected chi connectivity index (χ3v) is 2.21. The maximum Gasteiger partial charge on any atom is 0.434 e. The fraction of sp³-hybridized carbons (Fsp3) is 0.357. The molecule has 1 aromatic carbocycles. The molecule has 0 aliphatic rings. The van der Waals surface area contributed by atoms with Crippen molar-refractivity contribution < 1.29 is 14.3 Å². The first-order chi connectivity index (χ1) is 8.99. The van der Waals surface area contributed by atoms with E-state index in [4.69, 9.17) is 4.74 Å². The Morgan fingerprint density at radius 3 is 2.47 bits per heavy atom. The van der Waals surface area contributed by atoms with E-state index in [9.17, 15) is 9.59 Å². The number of nitrogens with one attached hydrogen (secondary N) is 1. The summed E-state index contributed by atoms with van der Waals surface area (Å²) in [6, 6.07) is 9.27. The lowest BCUT2D eigenvalue weighted by Crippen LogP contribution is -2.35. The van der Waals surface area contributed by atoms with Crippen LogP contribution in [0.3, 0.4) is 0 Å². The van der Waals surface area contributed by atoms with E-state index in [0.717, 1.165) is 5.56 Å². The molecule has 0 heterocycles. The predicted octanol–water partition coefficient (Wildman–Crippen LogP) is 2.31. The second-order valence-corrected chi connectivity index (χ2v) is 4.37. The van der Waals surface area contributed by atoms with Gasteiger partial charge >= 0.3 is 6.09 Å². The molecular formula is C14H18N2O3. The highest BCUT2D eigenvalue weighted by Gasteiger charge is 2.10. The average Bonchev–Trinajstić information content (AvgIpc) is 2.36. The second kappa shape index (κ2) is 7.31. The number of carbonyl (C=O) groups excluding carboxylic acids is 2. The Balaban J connectivity index is 2.48. The summed E-state index contributed by atoms with van der Waals surface area (Å²) in [6.07, 6.45) is -0.764. The van der Waals surface area contributed by atoms with Gasteiger partial charge in [0.15, 0.2) is 0 Å². The van der Waals surface area contributed by atoms with Gasteiger partial charge in [0.1, 0.15) is 12.3 Å². The summed E-state index contributed by atoms with van der Waals surface area (Å²) in [5.74, 6) is -0.369. The van der Waals surface area contributed by atoms with Crippen molar-refractivity contribution in [2.45, 2.75) is 33.4 Å². The van der Waals surface area contributed by atoms with E-state index >= 15 is 0 Å². The van der Waals surface area contributed by atoms with E-state index in [-0.39, 0.29) is 24.3 Å². The predicted molar refractivity (Wildman–Crippen MR) is 73.0 cm³/mol. The largest absolute Gasteiger partial charge is 0.443 e. The van der Waals surface area contributed by atoms with E-state index < -0.39 is 6.09 Å². The summed E-state index contributed by atoms with van der Waals surface area (Å²) in [7, 11) is 0. The van der Waals surface area contributed by atoms with Crippen LogP contribution in [0.25, 0.3) is 0 Å². The number of carbonyl (C=O) groups is 2. The van der Waals surface area contributed by atoms with Gasteiger partial charge in [-0.3, -0.25) is 4.79 Å². The quantitative estimate of drug-likeness (QED) is 0.847. The van der Waals surface area contributed by atoms with E-state index in [0.29, 0.717) is 0 Å². The Bertz CT molecular complexity index is 467. The van der Waals surface area contributed by atoms with Crippen LogP contribution in [0.1, 0.15) is 26.3 Å². The van der Waals surface area contributed by atoms with Gasteiger partial charge in [0.2, 0.25) is 0 Å². The van der Waals surface area contributed by atoms with Crippen molar-refractivity contribution in [3.63, 3.8) is 0 Å².